The molecule has 0 amide bonds. The van der Waals surface area contributed by atoms with Gasteiger partial charge in [-0.25, -0.2) is 18.7 Å². The van der Waals surface area contributed by atoms with Gasteiger partial charge in [0.1, 0.15) is 0 Å². The smallest absolute Gasteiger partial charge is 0.222 e. The van der Waals surface area contributed by atoms with Gasteiger partial charge in [0.05, 0.1) is 18.8 Å². The highest BCUT2D eigenvalue weighted by Gasteiger charge is 2.19. The van der Waals surface area contributed by atoms with Crippen molar-refractivity contribution in [1.29, 1.82) is 0 Å². The molecule has 1 aromatic carbocycles. The van der Waals surface area contributed by atoms with E-state index >= 15 is 0 Å². The summed E-state index contributed by atoms with van der Waals surface area (Å²) in [7, 11) is 0. The summed E-state index contributed by atoms with van der Waals surface area (Å²) < 4.78 is 37.4. The first kappa shape index (κ1) is 17.5. The van der Waals surface area contributed by atoms with E-state index in [9.17, 15) is 8.78 Å². The molecule has 0 aliphatic carbocycles. The molecule has 2 aromatic rings. The zero-order valence-electron chi connectivity index (χ0n) is 13.8. The third-order valence-corrected chi connectivity index (χ3v) is 3.83. The Bertz CT molecular complexity index is 776. The van der Waals surface area contributed by atoms with Gasteiger partial charge in [0, 0.05) is 23.9 Å². The average molecular weight is 344 g/mol. The Morgan fingerprint density at radius 1 is 1.12 bits per heavy atom. The highest BCUT2D eigenvalue weighted by Crippen LogP contribution is 2.18. The fourth-order valence-corrected chi connectivity index (χ4v) is 2.52. The molecule has 3 rings (SSSR count). The summed E-state index contributed by atoms with van der Waals surface area (Å²) in [6.07, 6.45) is 4.70. The minimum Gasteiger partial charge on any atom is -0.342 e. The van der Waals surface area contributed by atoms with Gasteiger partial charge in [-0.05, 0) is 30.5 Å². The molecule has 25 heavy (non-hydrogen) atoms. The Balaban J connectivity index is 1.63. The Hall–Kier alpha value is -2.36. The van der Waals surface area contributed by atoms with Crippen molar-refractivity contribution in [3.8, 4) is 23.2 Å². The van der Waals surface area contributed by atoms with Crippen LogP contribution in [0, 0.1) is 29.4 Å². The van der Waals surface area contributed by atoms with Crippen molar-refractivity contribution in [2.24, 2.45) is 5.92 Å². The van der Waals surface area contributed by atoms with E-state index in [0.29, 0.717) is 36.1 Å². The predicted molar refractivity (Wildman–Crippen MR) is 88.4 cm³/mol. The fraction of sp³-hybridized carbons (Fsp3) is 0.368. The van der Waals surface area contributed by atoms with Crippen molar-refractivity contribution >= 4 is 0 Å². The standard InChI is InChI=1S/C19H18F2N2O2/c1-2-3-14-11-24-18(25-12-14)7-4-13-9-22-19(23-10-13)15-5-6-16(20)17(21)8-15/h5-6,8-10,14,18H,2-3,11-12H2,1H3/t14-,18-. The second-order valence-corrected chi connectivity index (χ2v) is 5.85. The van der Waals surface area contributed by atoms with Gasteiger partial charge < -0.3 is 9.47 Å². The van der Waals surface area contributed by atoms with Gasteiger partial charge in [-0.2, -0.15) is 0 Å². The molecule has 0 N–H and O–H groups in total. The molecule has 0 bridgehead atoms. The van der Waals surface area contributed by atoms with Crippen LogP contribution in [0.3, 0.4) is 0 Å². The summed E-state index contributed by atoms with van der Waals surface area (Å²) in [4.78, 5) is 8.27. The first-order valence-corrected chi connectivity index (χ1v) is 8.18. The Morgan fingerprint density at radius 2 is 1.84 bits per heavy atom. The lowest BCUT2D eigenvalue weighted by atomic mass is 10.1. The molecule has 6 heteroatoms. The molecule has 1 aromatic heterocycles. The third kappa shape index (κ3) is 4.59. The summed E-state index contributed by atoms with van der Waals surface area (Å²) in [6, 6.07) is 3.53. The fourth-order valence-electron chi connectivity index (χ4n) is 2.52. The van der Waals surface area contributed by atoms with Crippen molar-refractivity contribution in [2.45, 2.75) is 26.1 Å². The lowest BCUT2D eigenvalue weighted by Crippen LogP contribution is -2.31. The van der Waals surface area contributed by atoms with Gasteiger partial charge >= 0.3 is 0 Å². The van der Waals surface area contributed by atoms with Crippen LogP contribution in [-0.2, 0) is 9.47 Å². The number of hydrogen-bond donors (Lipinski definition) is 0. The van der Waals surface area contributed by atoms with Gasteiger partial charge in [0.2, 0.25) is 6.29 Å². The molecule has 0 saturated carbocycles. The number of benzene rings is 1. The third-order valence-electron chi connectivity index (χ3n) is 3.83. The Labute approximate surface area is 145 Å². The Kier molecular flexibility index (Phi) is 5.69. The number of nitrogens with zero attached hydrogens (tertiary/aromatic N) is 2. The van der Waals surface area contributed by atoms with E-state index in [2.05, 4.69) is 28.7 Å². The SMILES string of the molecule is CCC[C@H]1CO[C@H](C#Cc2cnc(-c3ccc(F)c(F)c3)nc2)OC1. The monoisotopic (exact) mass is 344 g/mol. The lowest BCUT2D eigenvalue weighted by molar-refractivity contribution is -0.170. The van der Waals surface area contributed by atoms with E-state index in [-0.39, 0.29) is 0 Å². The van der Waals surface area contributed by atoms with Crippen molar-refractivity contribution < 1.29 is 18.3 Å². The number of aromatic nitrogens is 2. The second-order valence-electron chi connectivity index (χ2n) is 5.85. The highest BCUT2D eigenvalue weighted by molar-refractivity contribution is 5.55. The summed E-state index contributed by atoms with van der Waals surface area (Å²) in [5.41, 5.74) is 0.994. The van der Waals surface area contributed by atoms with E-state index in [1.54, 1.807) is 0 Å². The van der Waals surface area contributed by atoms with Crippen molar-refractivity contribution in [2.75, 3.05) is 13.2 Å². The van der Waals surface area contributed by atoms with Gasteiger partial charge in [0.15, 0.2) is 17.5 Å². The van der Waals surface area contributed by atoms with Gasteiger partial charge in [-0.1, -0.05) is 19.3 Å². The predicted octanol–water partition coefficient (Wildman–Crippen LogP) is 3.56. The molecule has 0 spiro atoms. The minimum absolute atomic E-state index is 0.303. The minimum atomic E-state index is -0.932. The molecule has 4 nitrogen and oxygen atoms in total. The number of rotatable bonds is 3. The number of hydrogen-bond acceptors (Lipinski definition) is 4. The van der Waals surface area contributed by atoms with E-state index in [1.165, 1.54) is 18.5 Å². The number of ether oxygens (including phenoxy) is 2. The maximum Gasteiger partial charge on any atom is 0.222 e. The maximum atomic E-state index is 13.3. The zero-order chi connectivity index (χ0) is 17.6. The molecule has 0 radical (unpaired) electrons. The van der Waals surface area contributed by atoms with Crippen molar-refractivity contribution in [1.82, 2.24) is 9.97 Å². The van der Waals surface area contributed by atoms with E-state index in [0.717, 1.165) is 25.0 Å². The van der Waals surface area contributed by atoms with Gasteiger partial charge in [0.25, 0.3) is 0 Å². The molecular weight excluding hydrogens is 326 g/mol. The quantitative estimate of drug-likeness (QED) is 0.799. The topological polar surface area (TPSA) is 44.2 Å². The zero-order valence-corrected chi connectivity index (χ0v) is 13.8. The van der Waals surface area contributed by atoms with Crippen LogP contribution in [0.15, 0.2) is 30.6 Å². The molecule has 1 saturated heterocycles. The number of halogens is 2. The Morgan fingerprint density at radius 3 is 2.48 bits per heavy atom. The second kappa shape index (κ2) is 8.15. The van der Waals surface area contributed by atoms with Crippen molar-refractivity contribution in [3.05, 3.63) is 47.8 Å². The average Bonchev–Trinajstić information content (AvgIpc) is 2.64. The summed E-state index contributed by atoms with van der Waals surface area (Å²) >= 11 is 0. The normalized spacial score (nSPS) is 20.0. The summed E-state index contributed by atoms with van der Waals surface area (Å²) in [5, 5.41) is 0. The largest absolute Gasteiger partial charge is 0.342 e. The molecule has 0 atom stereocenters. The molecule has 1 aliphatic heterocycles. The van der Waals surface area contributed by atoms with Crippen LogP contribution in [0.2, 0.25) is 0 Å². The van der Waals surface area contributed by atoms with Crippen LogP contribution in [0.5, 0.6) is 0 Å². The molecule has 130 valence electrons. The van der Waals surface area contributed by atoms with E-state index in [1.807, 2.05) is 0 Å². The van der Waals surface area contributed by atoms with Crippen LogP contribution in [0.4, 0.5) is 8.78 Å². The van der Waals surface area contributed by atoms with Crippen LogP contribution < -0.4 is 0 Å². The van der Waals surface area contributed by atoms with E-state index < -0.39 is 17.9 Å². The maximum absolute atomic E-state index is 13.3. The van der Waals surface area contributed by atoms with Crippen molar-refractivity contribution in [3.63, 3.8) is 0 Å². The lowest BCUT2D eigenvalue weighted by Gasteiger charge is -2.26. The first-order chi connectivity index (χ1) is 12.2. The summed E-state index contributed by atoms with van der Waals surface area (Å²) in [5.74, 6) is 4.69. The van der Waals surface area contributed by atoms with Crippen LogP contribution in [-0.4, -0.2) is 29.5 Å². The van der Waals surface area contributed by atoms with Crippen LogP contribution in [0.25, 0.3) is 11.4 Å². The van der Waals surface area contributed by atoms with E-state index in [4.69, 9.17) is 9.47 Å². The summed E-state index contributed by atoms with van der Waals surface area (Å²) in [6.45, 7) is 3.44. The molecular formula is C19H18F2N2O2. The molecule has 1 aliphatic rings. The van der Waals surface area contributed by atoms with Gasteiger partial charge in [-0.15, -0.1) is 0 Å². The van der Waals surface area contributed by atoms with Crippen LogP contribution >= 0.6 is 0 Å². The molecule has 1 fully saturated rings. The molecule has 2 heterocycles. The molecule has 0 unspecified atom stereocenters. The highest BCUT2D eigenvalue weighted by atomic mass is 19.2. The van der Waals surface area contributed by atoms with Gasteiger partial charge in [-0.3, -0.25) is 0 Å². The van der Waals surface area contributed by atoms with Crippen LogP contribution in [0.1, 0.15) is 25.3 Å². The first-order valence-electron chi connectivity index (χ1n) is 8.18.